The fraction of sp³-hybridized carbons (Fsp3) is 0.529. The summed E-state index contributed by atoms with van der Waals surface area (Å²) < 4.78 is 2.29. The number of fused-ring (bicyclic) bond motifs is 3. The van der Waals surface area contributed by atoms with E-state index in [4.69, 9.17) is 4.98 Å². The molecule has 0 unspecified atom stereocenters. The van der Waals surface area contributed by atoms with Crippen LogP contribution in [-0.2, 0) is 13.1 Å². The molecule has 0 radical (unpaired) electrons. The number of carbonyl (C=O) groups excluding carboxylic acids is 1. The number of imidazole rings is 1. The second-order valence-corrected chi connectivity index (χ2v) is 6.37. The molecule has 118 valence electrons. The molecule has 1 aromatic carbocycles. The number of amides is 1. The van der Waals surface area contributed by atoms with Gasteiger partial charge in [0.05, 0.1) is 17.6 Å². The predicted octanol–water partition coefficient (Wildman–Crippen LogP) is 2.26. The highest BCUT2D eigenvalue weighted by molar-refractivity contribution is 5.97. The van der Waals surface area contributed by atoms with Gasteiger partial charge in [0.25, 0.3) is 5.91 Å². The van der Waals surface area contributed by atoms with Gasteiger partial charge in [0.2, 0.25) is 0 Å². The van der Waals surface area contributed by atoms with Crippen LogP contribution in [0.4, 0.5) is 0 Å². The van der Waals surface area contributed by atoms with Crippen molar-refractivity contribution in [3.05, 3.63) is 29.6 Å². The molecule has 22 heavy (non-hydrogen) atoms. The third kappa shape index (κ3) is 2.86. The average molecular weight is 300 g/mol. The van der Waals surface area contributed by atoms with Crippen molar-refractivity contribution in [3.63, 3.8) is 0 Å². The molecule has 0 saturated heterocycles. The molecule has 1 aliphatic rings. The van der Waals surface area contributed by atoms with Gasteiger partial charge in [-0.25, -0.2) is 4.98 Å². The second kappa shape index (κ2) is 6.08. The Morgan fingerprint density at radius 2 is 2.18 bits per heavy atom. The van der Waals surface area contributed by atoms with E-state index in [9.17, 15) is 4.79 Å². The van der Waals surface area contributed by atoms with Crippen LogP contribution in [0.25, 0.3) is 11.0 Å². The molecule has 2 heterocycles. The Morgan fingerprint density at radius 3 is 2.91 bits per heavy atom. The first-order valence-corrected chi connectivity index (χ1v) is 8.08. The molecule has 1 N–H and O–H groups in total. The molecule has 5 nitrogen and oxygen atoms in total. The summed E-state index contributed by atoms with van der Waals surface area (Å²) in [6, 6.07) is 5.82. The first kappa shape index (κ1) is 15.0. The molecule has 1 amide bonds. The fourth-order valence-corrected chi connectivity index (χ4v) is 3.15. The number of aromatic nitrogens is 2. The molecular weight excluding hydrogens is 276 g/mol. The lowest BCUT2D eigenvalue weighted by atomic mass is 10.2. The van der Waals surface area contributed by atoms with Gasteiger partial charge in [-0.15, -0.1) is 0 Å². The minimum Gasteiger partial charge on any atom is -0.352 e. The van der Waals surface area contributed by atoms with Crippen LogP contribution in [-0.4, -0.2) is 40.0 Å². The van der Waals surface area contributed by atoms with Crippen LogP contribution < -0.4 is 5.32 Å². The minimum atomic E-state index is -0.0307. The molecule has 1 aliphatic heterocycles. The van der Waals surface area contributed by atoms with E-state index in [0.717, 1.165) is 43.0 Å². The molecule has 0 spiro atoms. The smallest absolute Gasteiger partial charge is 0.251 e. The van der Waals surface area contributed by atoms with Crippen molar-refractivity contribution in [2.75, 3.05) is 19.6 Å². The van der Waals surface area contributed by atoms with Gasteiger partial charge in [0.15, 0.2) is 0 Å². The van der Waals surface area contributed by atoms with E-state index in [2.05, 4.69) is 28.6 Å². The van der Waals surface area contributed by atoms with Gasteiger partial charge in [-0.1, -0.05) is 13.8 Å². The van der Waals surface area contributed by atoms with Gasteiger partial charge in [0, 0.05) is 31.7 Å². The highest BCUT2D eigenvalue weighted by Crippen LogP contribution is 2.22. The van der Waals surface area contributed by atoms with Gasteiger partial charge in [-0.3, -0.25) is 9.69 Å². The molecule has 0 saturated carbocycles. The van der Waals surface area contributed by atoms with E-state index in [-0.39, 0.29) is 5.91 Å². The zero-order valence-corrected chi connectivity index (χ0v) is 13.6. The molecular formula is C17H24N4O. The SMILES string of the molecule is CCNC(=O)c1ccc2c(c1)nc1n2CCN(CC(C)C)C1. The number of nitrogens with one attached hydrogen (secondary N) is 1. The molecule has 0 fully saturated rings. The van der Waals surface area contributed by atoms with Crippen LogP contribution >= 0.6 is 0 Å². The molecule has 3 rings (SSSR count). The lowest BCUT2D eigenvalue weighted by molar-refractivity contribution is 0.0956. The topological polar surface area (TPSA) is 50.2 Å². The number of nitrogens with zero attached hydrogens (tertiary/aromatic N) is 3. The van der Waals surface area contributed by atoms with Crippen molar-refractivity contribution in [1.82, 2.24) is 19.8 Å². The van der Waals surface area contributed by atoms with Crippen molar-refractivity contribution >= 4 is 16.9 Å². The van der Waals surface area contributed by atoms with Crippen LogP contribution in [0.1, 0.15) is 37.0 Å². The average Bonchev–Trinajstić information content (AvgIpc) is 2.83. The van der Waals surface area contributed by atoms with Gasteiger partial charge >= 0.3 is 0 Å². The number of rotatable bonds is 4. The summed E-state index contributed by atoms with van der Waals surface area (Å²) >= 11 is 0. The summed E-state index contributed by atoms with van der Waals surface area (Å²) in [5.74, 6) is 1.74. The molecule has 0 aliphatic carbocycles. The van der Waals surface area contributed by atoms with Gasteiger partial charge in [-0.05, 0) is 31.0 Å². The highest BCUT2D eigenvalue weighted by Gasteiger charge is 2.21. The third-order valence-electron chi connectivity index (χ3n) is 4.06. The number of hydrogen-bond donors (Lipinski definition) is 1. The zero-order chi connectivity index (χ0) is 15.7. The van der Waals surface area contributed by atoms with Crippen molar-refractivity contribution in [2.24, 2.45) is 5.92 Å². The van der Waals surface area contributed by atoms with Crippen molar-refractivity contribution in [1.29, 1.82) is 0 Å². The Kier molecular flexibility index (Phi) is 4.16. The number of hydrogen-bond acceptors (Lipinski definition) is 3. The Morgan fingerprint density at radius 1 is 1.36 bits per heavy atom. The highest BCUT2D eigenvalue weighted by atomic mass is 16.1. The number of benzene rings is 1. The first-order valence-electron chi connectivity index (χ1n) is 8.08. The van der Waals surface area contributed by atoms with E-state index >= 15 is 0 Å². The van der Waals surface area contributed by atoms with E-state index in [1.54, 1.807) is 0 Å². The Hall–Kier alpha value is -1.88. The summed E-state index contributed by atoms with van der Waals surface area (Å²) in [6.45, 7) is 11.1. The summed E-state index contributed by atoms with van der Waals surface area (Å²) in [6.07, 6.45) is 0. The summed E-state index contributed by atoms with van der Waals surface area (Å²) in [5.41, 5.74) is 2.74. The van der Waals surface area contributed by atoms with Crippen LogP contribution in [0.15, 0.2) is 18.2 Å². The largest absolute Gasteiger partial charge is 0.352 e. The molecule has 1 aromatic heterocycles. The monoisotopic (exact) mass is 300 g/mol. The lowest BCUT2D eigenvalue weighted by Crippen LogP contribution is -2.36. The maximum atomic E-state index is 12.0. The maximum absolute atomic E-state index is 12.0. The third-order valence-corrected chi connectivity index (χ3v) is 4.06. The molecule has 2 aromatic rings. The Bertz CT molecular complexity index is 689. The normalized spacial score (nSPS) is 15.3. The maximum Gasteiger partial charge on any atom is 0.251 e. The quantitative estimate of drug-likeness (QED) is 0.942. The lowest BCUT2D eigenvalue weighted by Gasteiger charge is -2.29. The van der Waals surface area contributed by atoms with E-state index in [0.29, 0.717) is 18.0 Å². The summed E-state index contributed by atoms with van der Waals surface area (Å²) in [7, 11) is 0. The molecule has 0 atom stereocenters. The minimum absolute atomic E-state index is 0.0307. The Balaban J connectivity index is 1.89. The standard InChI is InChI=1S/C17H24N4O/c1-4-18-17(22)13-5-6-15-14(9-13)19-16-11-20(10-12(2)3)7-8-21(15)16/h5-6,9,12H,4,7-8,10-11H2,1-3H3,(H,18,22). The molecule has 0 bridgehead atoms. The van der Waals surface area contributed by atoms with Crippen LogP contribution in [0.3, 0.4) is 0 Å². The van der Waals surface area contributed by atoms with Gasteiger partial charge in [-0.2, -0.15) is 0 Å². The predicted molar refractivity (Wildman–Crippen MR) is 87.9 cm³/mol. The zero-order valence-electron chi connectivity index (χ0n) is 13.6. The first-order chi connectivity index (χ1) is 10.6. The summed E-state index contributed by atoms with van der Waals surface area (Å²) in [5, 5.41) is 2.84. The van der Waals surface area contributed by atoms with Crippen molar-refractivity contribution in [2.45, 2.75) is 33.9 Å². The summed E-state index contributed by atoms with van der Waals surface area (Å²) in [4.78, 5) is 19.2. The number of carbonyl (C=O) groups is 1. The van der Waals surface area contributed by atoms with Gasteiger partial charge in [0.1, 0.15) is 5.82 Å². The van der Waals surface area contributed by atoms with Gasteiger partial charge < -0.3 is 9.88 Å². The van der Waals surface area contributed by atoms with Crippen molar-refractivity contribution < 1.29 is 4.79 Å². The second-order valence-electron chi connectivity index (χ2n) is 6.37. The molecule has 5 heteroatoms. The van der Waals surface area contributed by atoms with Crippen LogP contribution in [0, 0.1) is 5.92 Å². The van der Waals surface area contributed by atoms with Crippen LogP contribution in [0.2, 0.25) is 0 Å². The van der Waals surface area contributed by atoms with E-state index < -0.39 is 0 Å². The van der Waals surface area contributed by atoms with Crippen LogP contribution in [0.5, 0.6) is 0 Å². The Labute approximate surface area is 131 Å². The van der Waals surface area contributed by atoms with E-state index in [1.807, 2.05) is 25.1 Å². The van der Waals surface area contributed by atoms with Crippen molar-refractivity contribution in [3.8, 4) is 0 Å². The van der Waals surface area contributed by atoms with E-state index in [1.165, 1.54) is 0 Å². The fourth-order valence-electron chi connectivity index (χ4n) is 3.15.